The van der Waals surface area contributed by atoms with Gasteiger partial charge in [-0.2, -0.15) is 13.2 Å². The molecule has 88 valence electrons. The molecule has 0 atom stereocenters. The van der Waals surface area contributed by atoms with Crippen LogP contribution in [0.2, 0.25) is 0 Å². The number of hydrogen-bond acceptors (Lipinski definition) is 1. The molecule has 1 fully saturated rings. The molecular weight excluding hydrogens is 205 g/mol. The van der Waals surface area contributed by atoms with Gasteiger partial charge in [-0.15, -0.1) is 0 Å². The molecule has 1 aliphatic carbocycles. The van der Waals surface area contributed by atoms with Crippen molar-refractivity contribution in [3.63, 3.8) is 0 Å². The molecule has 0 saturated heterocycles. The molecule has 1 saturated carbocycles. The van der Waals surface area contributed by atoms with E-state index in [-0.39, 0.29) is 25.7 Å². The lowest BCUT2D eigenvalue weighted by Gasteiger charge is -2.35. The second-order valence-corrected chi connectivity index (χ2v) is 4.64. The van der Waals surface area contributed by atoms with Crippen molar-refractivity contribution in [2.24, 2.45) is 5.92 Å². The number of allylic oxidation sites excluding steroid dienone is 1. The zero-order chi connectivity index (χ0) is 11.7. The first-order valence-electron chi connectivity index (χ1n) is 5.18. The van der Waals surface area contributed by atoms with Gasteiger partial charge in [-0.25, -0.2) is 0 Å². The van der Waals surface area contributed by atoms with Crippen LogP contribution in [0.1, 0.15) is 39.5 Å². The number of alkyl halides is 3. The highest BCUT2D eigenvalue weighted by Gasteiger charge is 2.44. The fourth-order valence-electron chi connectivity index (χ4n) is 2.13. The third-order valence-electron chi connectivity index (χ3n) is 2.87. The summed E-state index contributed by atoms with van der Waals surface area (Å²) in [4.78, 5) is 0. The van der Waals surface area contributed by atoms with E-state index in [1.54, 1.807) is 6.08 Å². The van der Waals surface area contributed by atoms with Crippen LogP contribution in [0.4, 0.5) is 13.2 Å². The topological polar surface area (TPSA) is 20.2 Å². The summed E-state index contributed by atoms with van der Waals surface area (Å²) >= 11 is 0. The van der Waals surface area contributed by atoms with E-state index in [0.717, 1.165) is 5.57 Å². The van der Waals surface area contributed by atoms with Crippen molar-refractivity contribution in [1.82, 2.24) is 0 Å². The maximum atomic E-state index is 12.4. The Morgan fingerprint density at radius 1 is 1.27 bits per heavy atom. The summed E-state index contributed by atoms with van der Waals surface area (Å²) < 4.78 is 37.1. The first-order chi connectivity index (χ1) is 6.73. The number of hydrogen-bond donors (Lipinski definition) is 1. The summed E-state index contributed by atoms with van der Waals surface area (Å²) in [6, 6.07) is 0. The molecule has 0 bridgehead atoms. The van der Waals surface area contributed by atoms with Crippen molar-refractivity contribution in [3.05, 3.63) is 11.6 Å². The van der Waals surface area contributed by atoms with Crippen LogP contribution < -0.4 is 0 Å². The summed E-state index contributed by atoms with van der Waals surface area (Å²) in [6.07, 6.45) is -1.94. The first-order valence-corrected chi connectivity index (χ1v) is 5.18. The van der Waals surface area contributed by atoms with Gasteiger partial charge in [0.15, 0.2) is 0 Å². The molecule has 1 nitrogen and oxygen atoms in total. The summed E-state index contributed by atoms with van der Waals surface area (Å²) in [5.41, 5.74) is -0.0661. The molecule has 0 heterocycles. The third-order valence-corrected chi connectivity index (χ3v) is 2.87. The van der Waals surface area contributed by atoms with Crippen molar-refractivity contribution >= 4 is 0 Å². The molecule has 0 radical (unpaired) electrons. The minimum absolute atomic E-state index is 0.0315. The van der Waals surface area contributed by atoms with Gasteiger partial charge in [-0.1, -0.05) is 11.6 Å². The Balaban J connectivity index is 2.59. The molecule has 15 heavy (non-hydrogen) atoms. The Bertz CT molecular complexity index is 243. The largest absolute Gasteiger partial charge is 0.391 e. The van der Waals surface area contributed by atoms with E-state index < -0.39 is 17.7 Å². The van der Waals surface area contributed by atoms with Gasteiger partial charge < -0.3 is 5.11 Å². The smallest absolute Gasteiger partial charge is 0.386 e. The third kappa shape index (κ3) is 3.52. The normalized spacial score (nSPS) is 32.5. The van der Waals surface area contributed by atoms with Crippen molar-refractivity contribution in [3.8, 4) is 0 Å². The Hall–Kier alpha value is -0.510. The monoisotopic (exact) mass is 222 g/mol. The van der Waals surface area contributed by atoms with Gasteiger partial charge in [0.1, 0.15) is 0 Å². The minimum Gasteiger partial charge on any atom is -0.386 e. The second kappa shape index (κ2) is 4.16. The fourth-order valence-corrected chi connectivity index (χ4v) is 2.13. The van der Waals surface area contributed by atoms with Crippen LogP contribution in [0, 0.1) is 5.92 Å². The van der Waals surface area contributed by atoms with Crippen molar-refractivity contribution in [1.29, 1.82) is 0 Å². The van der Waals surface area contributed by atoms with Gasteiger partial charge in [-0.05, 0) is 39.5 Å². The van der Waals surface area contributed by atoms with Gasteiger partial charge in [0.25, 0.3) is 0 Å². The summed E-state index contributed by atoms with van der Waals surface area (Å²) in [6.45, 7) is 3.68. The van der Waals surface area contributed by atoms with Crippen LogP contribution in [0.5, 0.6) is 0 Å². The molecule has 0 aromatic rings. The predicted octanol–water partition coefficient (Wildman–Crippen LogP) is 3.44. The van der Waals surface area contributed by atoms with E-state index in [2.05, 4.69) is 0 Å². The van der Waals surface area contributed by atoms with E-state index in [4.69, 9.17) is 0 Å². The number of rotatable bonds is 1. The maximum Gasteiger partial charge on any atom is 0.391 e. The highest BCUT2D eigenvalue weighted by molar-refractivity contribution is 5.08. The zero-order valence-electron chi connectivity index (χ0n) is 9.06. The summed E-state index contributed by atoms with van der Waals surface area (Å²) in [5.74, 6) is -1.23. The van der Waals surface area contributed by atoms with Crippen LogP contribution in [-0.4, -0.2) is 16.9 Å². The maximum absolute atomic E-state index is 12.4. The molecule has 0 spiro atoms. The van der Waals surface area contributed by atoms with Crippen molar-refractivity contribution < 1.29 is 18.3 Å². The molecule has 1 N–H and O–H groups in total. The summed E-state index contributed by atoms with van der Waals surface area (Å²) in [7, 11) is 0. The van der Waals surface area contributed by atoms with E-state index in [9.17, 15) is 18.3 Å². The van der Waals surface area contributed by atoms with E-state index in [0.29, 0.717) is 0 Å². The Morgan fingerprint density at radius 3 is 2.07 bits per heavy atom. The molecule has 0 aromatic heterocycles. The number of halogens is 3. The molecular formula is C11H17F3O. The molecule has 0 unspecified atom stereocenters. The molecule has 0 aromatic carbocycles. The number of aliphatic hydroxyl groups is 1. The van der Waals surface area contributed by atoms with Crippen LogP contribution in [-0.2, 0) is 0 Å². The van der Waals surface area contributed by atoms with Crippen LogP contribution in [0.3, 0.4) is 0 Å². The van der Waals surface area contributed by atoms with Crippen LogP contribution >= 0.6 is 0 Å². The molecule has 1 rings (SSSR count). The van der Waals surface area contributed by atoms with Crippen molar-refractivity contribution in [2.45, 2.75) is 51.3 Å². The quantitative estimate of drug-likeness (QED) is 0.674. The first kappa shape index (κ1) is 12.6. The Kier molecular flexibility index (Phi) is 3.48. The van der Waals surface area contributed by atoms with Gasteiger partial charge >= 0.3 is 6.18 Å². The van der Waals surface area contributed by atoms with Crippen LogP contribution in [0.15, 0.2) is 11.6 Å². The second-order valence-electron chi connectivity index (χ2n) is 4.64. The Morgan fingerprint density at radius 2 is 1.73 bits per heavy atom. The zero-order valence-corrected chi connectivity index (χ0v) is 9.06. The van der Waals surface area contributed by atoms with E-state index in [1.165, 1.54) is 0 Å². The molecule has 1 aliphatic rings. The van der Waals surface area contributed by atoms with E-state index >= 15 is 0 Å². The lowest BCUT2D eigenvalue weighted by atomic mass is 9.78. The van der Waals surface area contributed by atoms with Crippen molar-refractivity contribution in [2.75, 3.05) is 0 Å². The fraction of sp³-hybridized carbons (Fsp3) is 0.818. The van der Waals surface area contributed by atoms with Gasteiger partial charge in [0, 0.05) is 0 Å². The summed E-state index contributed by atoms with van der Waals surface area (Å²) in [5, 5.41) is 9.98. The average Bonchev–Trinajstić information content (AvgIpc) is 2.00. The molecule has 0 amide bonds. The van der Waals surface area contributed by atoms with Crippen LogP contribution in [0.25, 0.3) is 0 Å². The minimum atomic E-state index is -4.10. The predicted molar refractivity (Wildman–Crippen MR) is 52.4 cm³/mol. The lowest BCUT2D eigenvalue weighted by molar-refractivity contribution is -0.189. The lowest BCUT2D eigenvalue weighted by Crippen LogP contribution is -2.37. The SMILES string of the molecule is CC(C)=CC1(O)CCC(C(F)(F)F)CC1. The average molecular weight is 222 g/mol. The van der Waals surface area contributed by atoms with Gasteiger partial charge in [-0.3, -0.25) is 0 Å². The van der Waals surface area contributed by atoms with E-state index in [1.807, 2.05) is 13.8 Å². The van der Waals surface area contributed by atoms with Gasteiger partial charge in [0.2, 0.25) is 0 Å². The van der Waals surface area contributed by atoms with Gasteiger partial charge in [0.05, 0.1) is 11.5 Å². The highest BCUT2D eigenvalue weighted by Crippen LogP contribution is 2.41. The Labute approximate surface area is 88.0 Å². The molecule has 4 heteroatoms. The highest BCUT2D eigenvalue weighted by atomic mass is 19.4. The molecule has 0 aliphatic heterocycles. The standard InChI is InChI=1S/C11H17F3O/c1-8(2)7-10(15)5-3-9(4-6-10)11(12,13)14/h7,9,15H,3-6H2,1-2H3.